The molecule has 2 saturated carbocycles. The fourth-order valence-corrected chi connectivity index (χ4v) is 5.64. The second-order valence-corrected chi connectivity index (χ2v) is 8.71. The maximum atomic E-state index is 14.4. The Morgan fingerprint density at radius 3 is 2.23 bits per heavy atom. The number of rotatable bonds is 4. The molecule has 2 bridgehead atoms. The predicted octanol–water partition coefficient (Wildman–Crippen LogP) is 4.07. The van der Waals surface area contributed by atoms with Gasteiger partial charge in [0.15, 0.2) is 0 Å². The number of amides is 3. The van der Waals surface area contributed by atoms with Crippen molar-refractivity contribution in [3.63, 3.8) is 0 Å². The van der Waals surface area contributed by atoms with Gasteiger partial charge in [-0.05, 0) is 49.3 Å². The molecule has 0 spiro atoms. The molecule has 7 heteroatoms. The average molecular weight is 427 g/mol. The molecular weight excluding hydrogens is 407 g/mol. The van der Waals surface area contributed by atoms with Gasteiger partial charge >= 0.3 is 0 Å². The second kappa shape index (κ2) is 7.20. The summed E-state index contributed by atoms with van der Waals surface area (Å²) in [5.74, 6) is -2.19. The zero-order valence-electron chi connectivity index (χ0n) is 16.1. The van der Waals surface area contributed by atoms with Gasteiger partial charge in [0.2, 0.25) is 0 Å². The molecule has 3 fully saturated rings. The Balaban J connectivity index is 1.55. The summed E-state index contributed by atoms with van der Waals surface area (Å²) in [4.78, 5) is 40.0. The van der Waals surface area contributed by atoms with E-state index in [1.807, 2.05) is 0 Å². The van der Waals surface area contributed by atoms with Gasteiger partial charge in [-0.15, -0.1) is 0 Å². The topological polar surface area (TPSA) is 57.7 Å². The van der Waals surface area contributed by atoms with Gasteiger partial charge in [-0.3, -0.25) is 14.4 Å². The lowest BCUT2D eigenvalue weighted by Crippen LogP contribution is -2.50. The monoisotopic (exact) mass is 426 g/mol. The van der Waals surface area contributed by atoms with E-state index in [0.717, 1.165) is 29.3 Å². The lowest BCUT2D eigenvalue weighted by Gasteiger charge is -2.31. The van der Waals surface area contributed by atoms with Crippen LogP contribution in [0.5, 0.6) is 0 Å². The quantitative estimate of drug-likeness (QED) is 0.692. The largest absolute Gasteiger partial charge is 0.274 e. The summed E-state index contributed by atoms with van der Waals surface area (Å²) in [5.41, 5.74) is 0.384. The third-order valence-corrected chi connectivity index (χ3v) is 7.09. The molecule has 2 aromatic rings. The van der Waals surface area contributed by atoms with Gasteiger partial charge in [0.1, 0.15) is 5.82 Å². The maximum absolute atomic E-state index is 14.4. The lowest BCUT2D eigenvalue weighted by molar-refractivity contribution is -0.156. The molecule has 1 aliphatic heterocycles. The highest BCUT2D eigenvalue weighted by Gasteiger charge is 2.62. The summed E-state index contributed by atoms with van der Waals surface area (Å²) < 4.78 is 14.4. The van der Waals surface area contributed by atoms with Gasteiger partial charge in [-0.2, -0.15) is 5.01 Å². The molecule has 3 amide bonds. The molecule has 2 aliphatic carbocycles. The van der Waals surface area contributed by atoms with Gasteiger partial charge in [0.25, 0.3) is 17.7 Å². The number of nitrogens with zero attached hydrogens (tertiary/aromatic N) is 2. The first-order valence-electron chi connectivity index (χ1n) is 10.1. The van der Waals surface area contributed by atoms with Crippen molar-refractivity contribution in [1.82, 2.24) is 10.0 Å². The molecule has 0 unspecified atom stereocenters. The number of benzene rings is 2. The first kappa shape index (κ1) is 19.2. The van der Waals surface area contributed by atoms with E-state index in [1.54, 1.807) is 30.3 Å². The van der Waals surface area contributed by atoms with E-state index in [4.69, 9.17) is 11.6 Å². The van der Waals surface area contributed by atoms with Crippen LogP contribution in [-0.2, 0) is 16.1 Å². The smallest absolute Gasteiger partial charge is 0.272 e. The first-order valence-corrected chi connectivity index (χ1v) is 10.5. The number of imide groups is 1. The van der Waals surface area contributed by atoms with Gasteiger partial charge in [0.05, 0.1) is 29.0 Å². The van der Waals surface area contributed by atoms with Crippen molar-refractivity contribution in [2.75, 3.05) is 0 Å². The highest BCUT2D eigenvalue weighted by molar-refractivity contribution is 6.33. The number of carbonyl (C=O) groups excluding carboxylic acids is 3. The molecule has 4 atom stereocenters. The molecule has 0 aromatic heterocycles. The van der Waals surface area contributed by atoms with E-state index < -0.39 is 11.7 Å². The van der Waals surface area contributed by atoms with Crippen LogP contribution >= 0.6 is 11.6 Å². The molecule has 5 rings (SSSR count). The van der Waals surface area contributed by atoms with Gasteiger partial charge in [-0.25, -0.2) is 9.40 Å². The van der Waals surface area contributed by atoms with E-state index in [0.29, 0.717) is 0 Å². The van der Waals surface area contributed by atoms with Gasteiger partial charge in [0, 0.05) is 5.56 Å². The van der Waals surface area contributed by atoms with Crippen LogP contribution in [0.2, 0.25) is 5.02 Å². The van der Waals surface area contributed by atoms with Crippen LogP contribution < -0.4 is 0 Å². The minimum Gasteiger partial charge on any atom is -0.272 e. The van der Waals surface area contributed by atoms with Crippen LogP contribution in [0.3, 0.4) is 0 Å². The molecule has 0 radical (unpaired) electrons. The Morgan fingerprint density at radius 1 is 1.00 bits per heavy atom. The van der Waals surface area contributed by atoms with Gasteiger partial charge in [-0.1, -0.05) is 41.9 Å². The van der Waals surface area contributed by atoms with E-state index in [-0.39, 0.29) is 58.2 Å². The van der Waals surface area contributed by atoms with Crippen LogP contribution in [0.25, 0.3) is 0 Å². The van der Waals surface area contributed by atoms with Crippen molar-refractivity contribution in [3.05, 3.63) is 70.5 Å². The zero-order valence-corrected chi connectivity index (χ0v) is 16.9. The maximum Gasteiger partial charge on any atom is 0.274 e. The molecule has 30 heavy (non-hydrogen) atoms. The molecule has 154 valence electrons. The van der Waals surface area contributed by atoms with Crippen molar-refractivity contribution in [1.29, 1.82) is 0 Å². The highest BCUT2D eigenvalue weighted by Crippen LogP contribution is 2.56. The lowest BCUT2D eigenvalue weighted by atomic mass is 9.81. The SMILES string of the molecule is O=C(c1ccccc1Cl)N(Cc1ccccc1F)N1C(=O)[C@@H]2[C@H]3CC[C@@H](C3)[C@H]2C1=O. The fraction of sp³-hybridized carbons (Fsp3) is 0.348. The first-order chi connectivity index (χ1) is 14.5. The highest BCUT2D eigenvalue weighted by atomic mass is 35.5. The van der Waals surface area contributed by atoms with Crippen LogP contribution in [0.15, 0.2) is 48.5 Å². The van der Waals surface area contributed by atoms with Crippen molar-refractivity contribution in [2.45, 2.75) is 25.8 Å². The van der Waals surface area contributed by atoms with E-state index in [2.05, 4.69) is 0 Å². The van der Waals surface area contributed by atoms with E-state index >= 15 is 0 Å². The third-order valence-electron chi connectivity index (χ3n) is 6.76. The number of fused-ring (bicyclic) bond motifs is 5. The average Bonchev–Trinajstić information content (AvgIpc) is 3.42. The van der Waals surface area contributed by atoms with Crippen LogP contribution in [-0.4, -0.2) is 27.7 Å². The normalized spacial score (nSPS) is 26.9. The summed E-state index contributed by atoms with van der Waals surface area (Å²) in [6, 6.07) is 12.5. The summed E-state index contributed by atoms with van der Waals surface area (Å²) in [6.45, 7) is -0.233. The second-order valence-electron chi connectivity index (χ2n) is 8.31. The minimum absolute atomic E-state index is 0.163. The van der Waals surface area contributed by atoms with Crippen molar-refractivity contribution >= 4 is 29.3 Å². The standard InChI is InChI=1S/C23H20ClFN2O3/c24-17-7-3-2-6-16(17)21(28)26(12-15-5-1-4-8-18(15)25)27-22(29)19-13-9-10-14(11-13)20(19)23(27)30/h1-8,13-14,19-20H,9-12H2/t13-,14-,19+,20+/m0/s1. The van der Waals surface area contributed by atoms with Crippen LogP contribution in [0, 0.1) is 29.5 Å². The molecule has 5 nitrogen and oxygen atoms in total. The summed E-state index contributed by atoms with van der Waals surface area (Å²) >= 11 is 6.22. The number of hydrogen-bond donors (Lipinski definition) is 0. The number of hydrazine groups is 1. The number of halogens is 2. The molecule has 3 aliphatic rings. The Labute approximate surface area is 178 Å². The molecule has 1 saturated heterocycles. The third kappa shape index (κ3) is 2.85. The molecular formula is C23H20ClFN2O3. The minimum atomic E-state index is -0.599. The molecule has 2 aromatic carbocycles. The zero-order chi connectivity index (χ0) is 21.0. The molecule has 1 heterocycles. The Hall–Kier alpha value is -2.73. The Bertz CT molecular complexity index is 1030. The van der Waals surface area contributed by atoms with Crippen LogP contribution in [0.1, 0.15) is 35.2 Å². The van der Waals surface area contributed by atoms with Crippen LogP contribution in [0.4, 0.5) is 4.39 Å². The van der Waals surface area contributed by atoms with Crippen molar-refractivity contribution in [2.24, 2.45) is 23.7 Å². The Kier molecular flexibility index (Phi) is 4.62. The van der Waals surface area contributed by atoms with E-state index in [9.17, 15) is 18.8 Å². The fourth-order valence-electron chi connectivity index (χ4n) is 5.43. The molecule has 0 N–H and O–H groups in total. The number of hydrogen-bond acceptors (Lipinski definition) is 3. The van der Waals surface area contributed by atoms with Crippen molar-refractivity contribution < 1.29 is 18.8 Å². The number of carbonyl (C=O) groups is 3. The Morgan fingerprint density at radius 2 is 1.60 bits per heavy atom. The van der Waals surface area contributed by atoms with Gasteiger partial charge < -0.3 is 0 Å². The summed E-state index contributed by atoms with van der Waals surface area (Å²) in [7, 11) is 0. The van der Waals surface area contributed by atoms with Crippen molar-refractivity contribution in [3.8, 4) is 0 Å². The summed E-state index contributed by atoms with van der Waals surface area (Å²) in [6.07, 6.45) is 2.77. The predicted molar refractivity (Wildman–Crippen MR) is 107 cm³/mol. The summed E-state index contributed by atoms with van der Waals surface area (Å²) in [5, 5.41) is 2.25. The van der Waals surface area contributed by atoms with E-state index in [1.165, 1.54) is 18.2 Å².